The van der Waals surface area contributed by atoms with Gasteiger partial charge in [0.15, 0.2) is 0 Å². The van der Waals surface area contributed by atoms with E-state index in [1.807, 2.05) is 50.4 Å². The molecule has 0 aliphatic heterocycles. The van der Waals surface area contributed by atoms with E-state index in [-0.39, 0.29) is 27.6 Å². The van der Waals surface area contributed by atoms with Crippen molar-refractivity contribution in [3.05, 3.63) is 35.9 Å². The van der Waals surface area contributed by atoms with Gasteiger partial charge in [0.1, 0.15) is 11.8 Å². The molecule has 0 aliphatic carbocycles. The predicted octanol–water partition coefficient (Wildman–Crippen LogP) is 1.56. The fourth-order valence-corrected chi connectivity index (χ4v) is 2.35. The number of amidine groups is 1. The van der Waals surface area contributed by atoms with Crippen molar-refractivity contribution in [2.24, 2.45) is 26.3 Å². The first-order valence-electron chi connectivity index (χ1n) is 8.12. The Bertz CT molecular complexity index is 740. The zero-order chi connectivity index (χ0) is 20.2. The third-order valence-electron chi connectivity index (χ3n) is 3.17. The Morgan fingerprint density at radius 3 is 2.39 bits per heavy atom. The van der Waals surface area contributed by atoms with Gasteiger partial charge < -0.3 is 10.4 Å². The number of hydrogen-bond acceptors (Lipinski definition) is 6. The van der Waals surface area contributed by atoms with Crippen molar-refractivity contribution in [1.82, 2.24) is 5.32 Å². The summed E-state index contributed by atoms with van der Waals surface area (Å²) < 4.78 is 0.627. The number of carboxylic acid groups (broad SMARTS) is 1. The number of carbonyl (C=O) groups is 1. The monoisotopic (exact) mass is 485 g/mol. The third kappa shape index (κ3) is 10.9. The molecule has 2 N–H and O–H groups in total. The molecule has 28 heavy (non-hydrogen) atoms. The molecule has 0 amide bonds. The number of thioether (sulfide) groups is 1. The smallest absolute Gasteiger partial charge is 0.333 e. The van der Waals surface area contributed by atoms with Gasteiger partial charge in [-0.1, -0.05) is 66.1 Å². The molecule has 1 unspecified atom stereocenters. The van der Waals surface area contributed by atoms with E-state index in [1.54, 1.807) is 0 Å². The van der Waals surface area contributed by atoms with Crippen LogP contribution in [0.4, 0.5) is 0 Å². The SMILES string of the molecule is CS/C([SH2+])=N/N=C/C(=N/N=C(\[SH2+])NC(CC(C)C)C(=O)O)c1ccccc1.[Ni]. The van der Waals surface area contributed by atoms with Crippen molar-refractivity contribution in [3.63, 3.8) is 0 Å². The molecule has 0 saturated carbocycles. The molecule has 0 bridgehead atoms. The van der Waals surface area contributed by atoms with Crippen LogP contribution >= 0.6 is 11.8 Å². The van der Waals surface area contributed by atoms with Crippen molar-refractivity contribution in [3.8, 4) is 0 Å². The van der Waals surface area contributed by atoms with Gasteiger partial charge in [0.2, 0.25) is 0 Å². The van der Waals surface area contributed by atoms with Crippen LogP contribution in [0.2, 0.25) is 0 Å². The second-order valence-electron chi connectivity index (χ2n) is 5.82. The normalized spacial score (nSPS) is 14.1. The number of rotatable bonds is 8. The quantitative estimate of drug-likeness (QED) is 0.192. The second-order valence-corrected chi connectivity index (χ2v) is 7.92. The van der Waals surface area contributed by atoms with Crippen LogP contribution in [0.25, 0.3) is 0 Å². The molecule has 7 nitrogen and oxygen atoms in total. The van der Waals surface area contributed by atoms with Gasteiger partial charge in [-0.2, -0.15) is 5.10 Å². The number of carboxylic acids is 1. The van der Waals surface area contributed by atoms with Gasteiger partial charge in [-0.3, -0.25) is 0 Å². The van der Waals surface area contributed by atoms with Crippen molar-refractivity contribution in [2.75, 3.05) is 6.26 Å². The van der Waals surface area contributed by atoms with Crippen LogP contribution in [0, 0.1) is 5.92 Å². The molecular formula is C17H25N5NiO2S3+2. The number of nitrogens with zero attached hydrogens (tertiary/aromatic N) is 4. The van der Waals surface area contributed by atoms with Crippen LogP contribution in [0.3, 0.4) is 0 Å². The van der Waals surface area contributed by atoms with E-state index in [2.05, 4.69) is 51.0 Å². The maximum Gasteiger partial charge on any atom is 0.333 e. The van der Waals surface area contributed by atoms with Gasteiger partial charge in [-0.25, -0.2) is 4.79 Å². The first-order valence-corrected chi connectivity index (χ1v) is 10.3. The largest absolute Gasteiger partial charge is 0.480 e. The van der Waals surface area contributed by atoms with E-state index in [0.29, 0.717) is 16.5 Å². The Hall–Kier alpha value is -1.29. The van der Waals surface area contributed by atoms with E-state index in [4.69, 9.17) is 0 Å². The predicted molar refractivity (Wildman–Crippen MR) is 124 cm³/mol. The summed E-state index contributed by atoms with van der Waals surface area (Å²) in [6.45, 7) is 3.91. The summed E-state index contributed by atoms with van der Waals surface area (Å²) in [7, 11) is 0. The molecule has 0 saturated heterocycles. The van der Waals surface area contributed by atoms with Crippen LogP contribution in [0.15, 0.2) is 50.7 Å². The van der Waals surface area contributed by atoms with E-state index >= 15 is 0 Å². The summed E-state index contributed by atoms with van der Waals surface area (Å²) >= 11 is 8.01. The Morgan fingerprint density at radius 1 is 1.21 bits per heavy atom. The molecule has 0 aromatic heterocycles. The molecule has 0 heterocycles. The summed E-state index contributed by atoms with van der Waals surface area (Å²) in [6.07, 6.45) is 3.82. The second kappa shape index (κ2) is 14.7. The molecule has 0 spiro atoms. The van der Waals surface area contributed by atoms with Gasteiger partial charge >= 0.3 is 11.1 Å². The van der Waals surface area contributed by atoms with E-state index in [0.717, 1.165) is 5.56 Å². The first-order chi connectivity index (χ1) is 12.8. The van der Waals surface area contributed by atoms with E-state index in [1.165, 1.54) is 18.0 Å². The maximum absolute atomic E-state index is 11.3. The Labute approximate surface area is 190 Å². The molecular weight excluding hydrogens is 461 g/mol. The van der Waals surface area contributed by atoms with Gasteiger partial charge in [0, 0.05) is 47.3 Å². The molecule has 1 aromatic carbocycles. The van der Waals surface area contributed by atoms with Gasteiger partial charge in [-0.05, 0) is 18.6 Å². The number of aliphatic carboxylic acids is 1. The topological polar surface area (TPSA) is 98.8 Å². The first kappa shape index (κ1) is 26.7. The Morgan fingerprint density at radius 2 is 1.86 bits per heavy atom. The zero-order valence-electron chi connectivity index (χ0n) is 15.7. The molecule has 1 atom stereocenters. The van der Waals surface area contributed by atoms with Crippen molar-refractivity contribution >= 4 is 64.5 Å². The third-order valence-corrected chi connectivity index (χ3v) is 4.59. The summed E-state index contributed by atoms with van der Waals surface area (Å²) in [4.78, 5) is 11.3. The number of nitrogens with one attached hydrogen (secondary N) is 1. The minimum atomic E-state index is -0.945. The molecule has 0 radical (unpaired) electrons. The van der Waals surface area contributed by atoms with Crippen LogP contribution in [-0.4, -0.2) is 44.8 Å². The Kier molecular flexibility index (Phi) is 14.0. The maximum atomic E-state index is 11.3. The summed E-state index contributed by atoms with van der Waals surface area (Å²) in [5.41, 5.74) is 1.28. The molecule has 0 aliphatic rings. The molecule has 1 rings (SSSR count). The zero-order valence-corrected chi connectivity index (χ0v) is 19.5. The molecule has 156 valence electrons. The standard InChI is InChI=1S/C17H23N5O2S3.Ni/c1-11(2)9-13(15(23)24)19-16(25)21-20-14(10-18-22-17(26)27-3)12-7-5-4-6-8-12;/h4-8,10-11,13H,9H2,1-3H3,(H,22,26)(H,23,24)(H2,19,21,25);/p+2/b18-10+,20-14-;. The molecule has 1 aromatic rings. The van der Waals surface area contributed by atoms with Crippen LogP contribution < -0.4 is 5.32 Å². The summed E-state index contributed by atoms with van der Waals surface area (Å²) in [5.74, 6) is -0.722. The average Bonchev–Trinajstić information content (AvgIpc) is 2.63. The fraction of sp³-hybridized carbons (Fsp3) is 0.353. The molecule has 0 fully saturated rings. The van der Waals surface area contributed by atoms with Crippen LogP contribution in [0.1, 0.15) is 25.8 Å². The minimum absolute atomic E-state index is 0. The van der Waals surface area contributed by atoms with Crippen molar-refractivity contribution < 1.29 is 26.4 Å². The summed E-state index contributed by atoms with van der Waals surface area (Å²) in [5, 5.41) is 28.5. The summed E-state index contributed by atoms with van der Waals surface area (Å²) in [6, 6.07) is 8.62. The van der Waals surface area contributed by atoms with Crippen molar-refractivity contribution in [1.29, 1.82) is 0 Å². The van der Waals surface area contributed by atoms with Gasteiger partial charge in [0.25, 0.3) is 4.38 Å². The fourth-order valence-electron chi connectivity index (χ4n) is 1.93. The minimum Gasteiger partial charge on any atom is -0.480 e. The van der Waals surface area contributed by atoms with Crippen LogP contribution in [0.5, 0.6) is 0 Å². The molecule has 11 heteroatoms. The van der Waals surface area contributed by atoms with Gasteiger partial charge in [0.05, 0.1) is 6.21 Å². The average molecular weight is 486 g/mol. The van der Waals surface area contributed by atoms with Gasteiger partial charge in [-0.15, -0.1) is 5.10 Å². The van der Waals surface area contributed by atoms with E-state index < -0.39 is 12.0 Å². The Balaban J connectivity index is 0.00000729. The number of benzene rings is 1. The number of hydrogen-bond donors (Lipinski definition) is 2. The van der Waals surface area contributed by atoms with E-state index in [9.17, 15) is 9.90 Å². The van der Waals surface area contributed by atoms with Crippen LogP contribution in [-0.2, 0) is 46.5 Å². The van der Waals surface area contributed by atoms with Crippen molar-refractivity contribution in [2.45, 2.75) is 26.3 Å².